The van der Waals surface area contributed by atoms with Gasteiger partial charge in [-0.25, -0.2) is 14.2 Å². The van der Waals surface area contributed by atoms with E-state index in [1.165, 1.54) is 16.8 Å². The lowest BCUT2D eigenvalue weighted by atomic mass is 10.1. The fourth-order valence-electron chi connectivity index (χ4n) is 1.60. The average Bonchev–Trinajstić information content (AvgIpc) is 2.41. The average molecular weight is 257 g/mol. The summed E-state index contributed by atoms with van der Waals surface area (Å²) in [6, 6.07) is 6.26. The van der Waals surface area contributed by atoms with Crippen LogP contribution in [0.4, 0.5) is 4.39 Å². The number of aromatic nitrogens is 2. The highest BCUT2D eigenvalue weighted by atomic mass is 19.1. The van der Waals surface area contributed by atoms with Crippen molar-refractivity contribution in [1.82, 2.24) is 9.55 Å². The van der Waals surface area contributed by atoms with E-state index in [9.17, 15) is 9.18 Å². The molecule has 0 aliphatic heterocycles. The van der Waals surface area contributed by atoms with Crippen molar-refractivity contribution in [2.75, 3.05) is 6.54 Å². The molecular weight excluding hydrogens is 245 g/mol. The maximum Gasteiger partial charge on any atom is 0.347 e. The third-order valence-electron chi connectivity index (χ3n) is 2.51. The van der Waals surface area contributed by atoms with Crippen LogP contribution in [0.5, 0.6) is 0 Å². The number of benzene rings is 1. The molecule has 1 aromatic heterocycles. The van der Waals surface area contributed by atoms with Crippen molar-refractivity contribution in [2.24, 2.45) is 5.73 Å². The first-order valence-electron chi connectivity index (χ1n) is 5.69. The molecule has 0 unspecified atom stereocenters. The second-order valence-corrected chi connectivity index (χ2v) is 3.84. The lowest BCUT2D eigenvalue weighted by Crippen LogP contribution is -2.22. The molecule has 1 aromatic carbocycles. The molecule has 0 saturated heterocycles. The molecule has 96 valence electrons. The molecule has 2 aromatic rings. The number of nitrogens with zero attached hydrogens (tertiary/aromatic N) is 2. The topological polar surface area (TPSA) is 60.9 Å². The zero-order chi connectivity index (χ0) is 13.7. The van der Waals surface area contributed by atoms with Crippen molar-refractivity contribution in [3.05, 3.63) is 64.1 Å². The molecule has 0 bridgehead atoms. The maximum atomic E-state index is 13.9. The Hall–Kier alpha value is -2.45. The minimum atomic E-state index is -0.408. The summed E-state index contributed by atoms with van der Waals surface area (Å²) in [5.41, 5.74) is 5.81. The van der Waals surface area contributed by atoms with Gasteiger partial charge in [0.1, 0.15) is 5.82 Å². The van der Waals surface area contributed by atoms with E-state index in [1.807, 2.05) is 0 Å². The van der Waals surface area contributed by atoms with Crippen LogP contribution in [0.25, 0.3) is 0 Å². The van der Waals surface area contributed by atoms with Crippen LogP contribution < -0.4 is 11.4 Å². The summed E-state index contributed by atoms with van der Waals surface area (Å²) in [5.74, 6) is 5.00. The van der Waals surface area contributed by atoms with Gasteiger partial charge in [-0.15, -0.1) is 0 Å². The van der Waals surface area contributed by atoms with Gasteiger partial charge in [-0.1, -0.05) is 17.9 Å². The molecule has 0 spiro atoms. The highest BCUT2D eigenvalue weighted by molar-refractivity contribution is 5.37. The summed E-state index contributed by atoms with van der Waals surface area (Å²) in [5, 5.41) is 0. The second kappa shape index (κ2) is 5.94. The minimum absolute atomic E-state index is 0.142. The van der Waals surface area contributed by atoms with Crippen molar-refractivity contribution in [2.45, 2.75) is 6.54 Å². The predicted octanol–water partition coefficient (Wildman–Crippen LogP) is 0.741. The zero-order valence-corrected chi connectivity index (χ0v) is 10.1. The molecule has 0 radical (unpaired) electrons. The van der Waals surface area contributed by atoms with Crippen LogP contribution in [0.15, 0.2) is 41.5 Å². The molecule has 1 heterocycles. The minimum Gasteiger partial charge on any atom is -0.320 e. The Morgan fingerprint density at radius 1 is 1.42 bits per heavy atom. The Kier molecular flexibility index (Phi) is 4.06. The lowest BCUT2D eigenvalue weighted by Gasteiger charge is -2.06. The lowest BCUT2D eigenvalue weighted by molar-refractivity contribution is 0.593. The van der Waals surface area contributed by atoms with E-state index >= 15 is 0 Å². The highest BCUT2D eigenvalue weighted by Gasteiger charge is 2.04. The van der Waals surface area contributed by atoms with Gasteiger partial charge in [-0.2, -0.15) is 0 Å². The van der Waals surface area contributed by atoms with Crippen LogP contribution in [0.1, 0.15) is 11.1 Å². The molecule has 4 nitrogen and oxygen atoms in total. The molecule has 0 aliphatic rings. The van der Waals surface area contributed by atoms with Gasteiger partial charge in [0.05, 0.1) is 13.1 Å². The Morgan fingerprint density at radius 3 is 2.95 bits per heavy atom. The molecule has 0 aliphatic carbocycles. The van der Waals surface area contributed by atoms with E-state index in [-0.39, 0.29) is 13.1 Å². The molecule has 5 heteroatoms. The van der Waals surface area contributed by atoms with Gasteiger partial charge < -0.3 is 5.73 Å². The Morgan fingerprint density at radius 2 is 2.26 bits per heavy atom. The zero-order valence-electron chi connectivity index (χ0n) is 10.1. The Labute approximate surface area is 109 Å². The third-order valence-corrected chi connectivity index (χ3v) is 2.51. The normalized spacial score (nSPS) is 9.79. The van der Waals surface area contributed by atoms with Crippen molar-refractivity contribution in [3.63, 3.8) is 0 Å². The summed E-state index contributed by atoms with van der Waals surface area (Å²) in [7, 11) is 0. The first-order valence-corrected chi connectivity index (χ1v) is 5.69. The van der Waals surface area contributed by atoms with Crippen molar-refractivity contribution in [3.8, 4) is 11.8 Å². The quantitative estimate of drug-likeness (QED) is 0.807. The molecule has 19 heavy (non-hydrogen) atoms. The summed E-state index contributed by atoms with van der Waals surface area (Å²) in [6.45, 7) is 0.373. The molecule has 0 amide bonds. The molecule has 0 fully saturated rings. The van der Waals surface area contributed by atoms with Crippen LogP contribution in [-0.2, 0) is 6.54 Å². The predicted molar refractivity (Wildman–Crippen MR) is 69.9 cm³/mol. The largest absolute Gasteiger partial charge is 0.347 e. The molecule has 0 atom stereocenters. The van der Waals surface area contributed by atoms with Gasteiger partial charge in [0.15, 0.2) is 0 Å². The van der Waals surface area contributed by atoms with Crippen LogP contribution in [0.3, 0.4) is 0 Å². The van der Waals surface area contributed by atoms with Gasteiger partial charge in [-0.05, 0) is 18.2 Å². The summed E-state index contributed by atoms with van der Waals surface area (Å²) >= 11 is 0. The third kappa shape index (κ3) is 3.27. The van der Waals surface area contributed by atoms with E-state index in [1.54, 1.807) is 24.4 Å². The Balaban J connectivity index is 2.27. The van der Waals surface area contributed by atoms with E-state index in [0.29, 0.717) is 11.1 Å². The standard InChI is InChI=1S/C14H12FN3O/c15-13-9-11(3-1-6-16)4-5-12(13)10-18-8-2-7-17-14(18)19/h2,4-5,7-9H,6,10,16H2. The van der Waals surface area contributed by atoms with Gasteiger partial charge in [0.25, 0.3) is 0 Å². The number of rotatable bonds is 2. The van der Waals surface area contributed by atoms with Gasteiger partial charge in [0, 0.05) is 23.5 Å². The van der Waals surface area contributed by atoms with E-state index in [4.69, 9.17) is 5.73 Å². The first kappa shape index (κ1) is 13.0. The fourth-order valence-corrected chi connectivity index (χ4v) is 1.60. The highest BCUT2D eigenvalue weighted by Crippen LogP contribution is 2.10. The monoisotopic (exact) mass is 257 g/mol. The number of nitrogens with two attached hydrogens (primary N) is 1. The SMILES string of the molecule is NCC#Cc1ccc(Cn2cccnc2=O)c(F)c1. The van der Waals surface area contributed by atoms with Crippen LogP contribution >= 0.6 is 0 Å². The van der Waals surface area contributed by atoms with Crippen molar-refractivity contribution >= 4 is 0 Å². The van der Waals surface area contributed by atoms with Crippen molar-refractivity contribution < 1.29 is 4.39 Å². The van der Waals surface area contributed by atoms with E-state index in [2.05, 4.69) is 16.8 Å². The first-order chi connectivity index (χ1) is 9.20. The van der Waals surface area contributed by atoms with Gasteiger partial charge in [0.2, 0.25) is 0 Å². The summed E-state index contributed by atoms with van der Waals surface area (Å²) in [4.78, 5) is 15.0. The number of hydrogen-bond donors (Lipinski definition) is 1. The molecule has 2 rings (SSSR count). The summed E-state index contributed by atoms with van der Waals surface area (Å²) < 4.78 is 15.2. The summed E-state index contributed by atoms with van der Waals surface area (Å²) in [6.07, 6.45) is 2.97. The Bertz CT molecular complexity index is 698. The number of halogens is 1. The fraction of sp³-hybridized carbons (Fsp3) is 0.143. The van der Waals surface area contributed by atoms with E-state index < -0.39 is 11.5 Å². The maximum absolute atomic E-state index is 13.9. The van der Waals surface area contributed by atoms with Gasteiger partial charge >= 0.3 is 5.69 Å². The van der Waals surface area contributed by atoms with Crippen LogP contribution in [0.2, 0.25) is 0 Å². The molecule has 0 saturated carbocycles. The second-order valence-electron chi connectivity index (χ2n) is 3.84. The van der Waals surface area contributed by atoms with Gasteiger partial charge in [-0.3, -0.25) is 4.57 Å². The van der Waals surface area contributed by atoms with Crippen LogP contribution in [0, 0.1) is 17.7 Å². The number of hydrogen-bond acceptors (Lipinski definition) is 3. The van der Waals surface area contributed by atoms with Crippen LogP contribution in [-0.4, -0.2) is 16.1 Å². The molecule has 2 N–H and O–H groups in total. The van der Waals surface area contributed by atoms with E-state index in [0.717, 1.165) is 0 Å². The molecular formula is C14H12FN3O. The van der Waals surface area contributed by atoms with Crippen molar-refractivity contribution in [1.29, 1.82) is 0 Å². The smallest absolute Gasteiger partial charge is 0.320 e.